The zero-order valence-corrected chi connectivity index (χ0v) is 18.0. The highest BCUT2D eigenvalue weighted by molar-refractivity contribution is 6.30. The van der Waals surface area contributed by atoms with E-state index in [-0.39, 0.29) is 6.61 Å². The zero-order valence-electron chi connectivity index (χ0n) is 17.2. The normalized spacial score (nSPS) is 11.5. The molecule has 0 saturated carbocycles. The Kier molecular flexibility index (Phi) is 6.28. The van der Waals surface area contributed by atoms with E-state index in [1.807, 2.05) is 35.9 Å². The van der Waals surface area contributed by atoms with Crippen LogP contribution >= 0.6 is 11.6 Å². The Morgan fingerprint density at radius 1 is 1.00 bits per heavy atom. The van der Waals surface area contributed by atoms with Gasteiger partial charge in [0.05, 0.1) is 53.4 Å². The molecule has 0 aliphatic rings. The minimum Gasteiger partial charge on any atom is -0.361 e. The standard InChI is InChI=1S/C25H18ClN5O/c1-31-16-29-14-23(31)25(19-4-2-17(12-27)3-5-19)32-15-22-11-8-20(13-28)24(30-22)18-6-9-21(26)10-7-18/h2-11,14,16,25H,15H2,1H3. The molecular weight excluding hydrogens is 422 g/mol. The number of aromatic nitrogens is 3. The van der Waals surface area contributed by atoms with Gasteiger partial charge in [0.25, 0.3) is 0 Å². The first-order valence-electron chi connectivity index (χ1n) is 9.83. The predicted molar refractivity (Wildman–Crippen MR) is 120 cm³/mol. The Morgan fingerprint density at radius 3 is 2.38 bits per heavy atom. The minimum absolute atomic E-state index is 0.224. The Bertz CT molecular complexity index is 1310. The summed E-state index contributed by atoms with van der Waals surface area (Å²) in [7, 11) is 1.90. The summed E-state index contributed by atoms with van der Waals surface area (Å²) in [5.74, 6) is 0. The number of aryl methyl sites for hydroxylation is 1. The van der Waals surface area contributed by atoms with Crippen molar-refractivity contribution >= 4 is 11.6 Å². The lowest BCUT2D eigenvalue weighted by atomic mass is 10.0. The third-order valence-electron chi connectivity index (χ3n) is 5.05. The van der Waals surface area contributed by atoms with Crippen LogP contribution in [0.4, 0.5) is 0 Å². The fourth-order valence-corrected chi connectivity index (χ4v) is 3.50. The lowest BCUT2D eigenvalue weighted by Gasteiger charge is -2.19. The van der Waals surface area contributed by atoms with Crippen LogP contribution in [0.25, 0.3) is 11.3 Å². The van der Waals surface area contributed by atoms with Gasteiger partial charge in [-0.05, 0) is 42.0 Å². The van der Waals surface area contributed by atoms with Crippen molar-refractivity contribution in [1.29, 1.82) is 10.5 Å². The van der Waals surface area contributed by atoms with Crippen LogP contribution in [-0.2, 0) is 18.4 Å². The minimum atomic E-state index is -0.397. The van der Waals surface area contributed by atoms with Crippen LogP contribution in [0.3, 0.4) is 0 Å². The molecule has 0 bridgehead atoms. The second-order valence-electron chi connectivity index (χ2n) is 7.17. The summed E-state index contributed by atoms with van der Waals surface area (Å²) in [5.41, 5.74) is 4.92. The molecule has 1 unspecified atom stereocenters. The van der Waals surface area contributed by atoms with E-state index in [2.05, 4.69) is 22.1 Å². The van der Waals surface area contributed by atoms with Crippen LogP contribution < -0.4 is 0 Å². The van der Waals surface area contributed by atoms with Gasteiger partial charge >= 0.3 is 0 Å². The van der Waals surface area contributed by atoms with Crippen LogP contribution in [-0.4, -0.2) is 14.5 Å². The molecule has 2 aromatic heterocycles. The maximum atomic E-state index is 9.51. The van der Waals surface area contributed by atoms with Crippen LogP contribution in [0.15, 0.2) is 73.2 Å². The molecular formula is C25H18ClN5O. The number of benzene rings is 2. The van der Waals surface area contributed by atoms with E-state index in [0.29, 0.717) is 27.5 Å². The van der Waals surface area contributed by atoms with Gasteiger partial charge in [-0.15, -0.1) is 0 Å². The molecule has 1 atom stereocenters. The average molecular weight is 440 g/mol. The van der Waals surface area contributed by atoms with Crippen molar-refractivity contribution in [1.82, 2.24) is 14.5 Å². The van der Waals surface area contributed by atoms with E-state index in [1.165, 1.54) is 0 Å². The van der Waals surface area contributed by atoms with E-state index in [9.17, 15) is 5.26 Å². The fourth-order valence-electron chi connectivity index (χ4n) is 3.37. The number of nitrogens with zero attached hydrogens (tertiary/aromatic N) is 5. The molecule has 0 fully saturated rings. The van der Waals surface area contributed by atoms with Crippen molar-refractivity contribution in [3.05, 3.63) is 106 Å². The topological polar surface area (TPSA) is 87.5 Å². The summed E-state index contributed by atoms with van der Waals surface area (Å²) in [6.07, 6.45) is 3.08. The van der Waals surface area contributed by atoms with Crippen molar-refractivity contribution in [2.45, 2.75) is 12.7 Å². The van der Waals surface area contributed by atoms with Gasteiger partial charge in [-0.25, -0.2) is 9.97 Å². The molecule has 0 radical (unpaired) electrons. The number of hydrogen-bond donors (Lipinski definition) is 0. The van der Waals surface area contributed by atoms with E-state index in [1.54, 1.807) is 48.9 Å². The Hall–Kier alpha value is -3.97. The van der Waals surface area contributed by atoms with Crippen molar-refractivity contribution in [3.63, 3.8) is 0 Å². The van der Waals surface area contributed by atoms with Crippen LogP contribution in [0, 0.1) is 22.7 Å². The monoisotopic (exact) mass is 439 g/mol. The maximum Gasteiger partial charge on any atom is 0.125 e. The molecule has 32 heavy (non-hydrogen) atoms. The summed E-state index contributed by atoms with van der Waals surface area (Å²) in [6, 6.07) is 22.4. The molecule has 6 nitrogen and oxygen atoms in total. The average Bonchev–Trinajstić information content (AvgIpc) is 3.25. The molecule has 0 saturated heterocycles. The molecule has 7 heteroatoms. The highest BCUT2D eigenvalue weighted by Crippen LogP contribution is 2.28. The van der Waals surface area contributed by atoms with Crippen LogP contribution in [0.5, 0.6) is 0 Å². The summed E-state index contributed by atoms with van der Waals surface area (Å²) >= 11 is 6.00. The highest BCUT2D eigenvalue weighted by atomic mass is 35.5. The third kappa shape index (κ3) is 4.53. The molecule has 0 spiro atoms. The first kappa shape index (κ1) is 21.3. The fraction of sp³-hybridized carbons (Fsp3) is 0.120. The van der Waals surface area contributed by atoms with Gasteiger partial charge < -0.3 is 9.30 Å². The number of rotatable bonds is 6. The summed E-state index contributed by atoms with van der Waals surface area (Å²) in [6.45, 7) is 0.224. The number of pyridine rings is 1. The second kappa shape index (κ2) is 9.45. The molecule has 2 aromatic carbocycles. The first-order chi connectivity index (χ1) is 15.6. The molecule has 4 rings (SSSR count). The molecule has 0 aliphatic heterocycles. The maximum absolute atomic E-state index is 9.51. The van der Waals surface area contributed by atoms with Gasteiger partial charge in [0.15, 0.2) is 0 Å². The lowest BCUT2D eigenvalue weighted by Crippen LogP contribution is -2.11. The number of halogens is 1. The van der Waals surface area contributed by atoms with Crippen molar-refractivity contribution in [2.75, 3.05) is 0 Å². The molecule has 0 amide bonds. The largest absolute Gasteiger partial charge is 0.361 e. The van der Waals surface area contributed by atoms with Crippen molar-refractivity contribution in [2.24, 2.45) is 7.05 Å². The van der Waals surface area contributed by atoms with Crippen LogP contribution in [0.1, 0.15) is 34.2 Å². The Balaban J connectivity index is 1.64. The summed E-state index contributed by atoms with van der Waals surface area (Å²) in [5, 5.41) is 19.2. The summed E-state index contributed by atoms with van der Waals surface area (Å²) in [4.78, 5) is 8.89. The molecule has 2 heterocycles. The summed E-state index contributed by atoms with van der Waals surface area (Å²) < 4.78 is 8.18. The van der Waals surface area contributed by atoms with Gasteiger partial charge in [-0.3, -0.25) is 0 Å². The predicted octanol–water partition coefficient (Wildman–Crippen LogP) is 5.19. The van der Waals surface area contributed by atoms with E-state index < -0.39 is 6.10 Å². The Morgan fingerprint density at radius 2 is 1.75 bits per heavy atom. The van der Waals surface area contributed by atoms with Crippen molar-refractivity contribution < 1.29 is 4.74 Å². The lowest BCUT2D eigenvalue weighted by molar-refractivity contribution is 0.0601. The quantitative estimate of drug-likeness (QED) is 0.412. The van der Waals surface area contributed by atoms with Crippen molar-refractivity contribution in [3.8, 4) is 23.4 Å². The second-order valence-corrected chi connectivity index (χ2v) is 7.61. The zero-order chi connectivity index (χ0) is 22.5. The Labute approximate surface area is 190 Å². The van der Waals surface area contributed by atoms with Gasteiger partial charge in [-0.2, -0.15) is 10.5 Å². The first-order valence-corrected chi connectivity index (χ1v) is 10.2. The smallest absolute Gasteiger partial charge is 0.125 e. The van der Waals surface area contributed by atoms with Gasteiger partial charge in [-0.1, -0.05) is 35.9 Å². The number of nitriles is 2. The number of ether oxygens (including phenoxy) is 1. The molecule has 4 aromatic rings. The molecule has 156 valence electrons. The van der Waals surface area contributed by atoms with Crippen LogP contribution in [0.2, 0.25) is 5.02 Å². The van der Waals surface area contributed by atoms with Gasteiger partial charge in [0.1, 0.15) is 12.2 Å². The number of imidazole rings is 1. The van der Waals surface area contributed by atoms with Gasteiger partial charge in [0, 0.05) is 17.6 Å². The number of hydrogen-bond acceptors (Lipinski definition) is 5. The van der Waals surface area contributed by atoms with E-state index in [0.717, 1.165) is 16.8 Å². The SMILES string of the molecule is Cn1cncc1C(OCc1ccc(C#N)c(-c2ccc(Cl)cc2)n1)c1ccc(C#N)cc1. The highest BCUT2D eigenvalue weighted by Gasteiger charge is 2.19. The molecule has 0 aliphatic carbocycles. The van der Waals surface area contributed by atoms with E-state index in [4.69, 9.17) is 21.6 Å². The van der Waals surface area contributed by atoms with Gasteiger partial charge in [0.2, 0.25) is 0 Å². The van der Waals surface area contributed by atoms with E-state index >= 15 is 0 Å². The third-order valence-corrected chi connectivity index (χ3v) is 5.31. The molecule has 0 N–H and O–H groups in total.